The summed E-state index contributed by atoms with van der Waals surface area (Å²) in [6, 6.07) is 4.98. The molecular weight excluding hydrogens is 231 g/mol. The summed E-state index contributed by atoms with van der Waals surface area (Å²) in [7, 11) is 2.04. The van der Waals surface area contributed by atoms with Crippen molar-refractivity contribution in [3.8, 4) is 0 Å². The number of likely N-dealkylation sites (N-methyl/N-ethyl adjacent to an activating group) is 1. The number of halogens is 1. The Hall–Kier alpha value is -1.42. The number of piperazine rings is 1. The second-order valence-corrected chi connectivity index (χ2v) is 5.06. The van der Waals surface area contributed by atoms with E-state index in [2.05, 4.69) is 11.8 Å². The Morgan fingerprint density at radius 1 is 1.39 bits per heavy atom. The lowest BCUT2D eigenvalue weighted by molar-refractivity contribution is 0.0568. The summed E-state index contributed by atoms with van der Waals surface area (Å²) in [5.41, 5.74) is 1.09. The van der Waals surface area contributed by atoms with E-state index in [1.54, 1.807) is 17.0 Å². The first-order valence-corrected chi connectivity index (χ1v) is 6.24. The van der Waals surface area contributed by atoms with E-state index in [1.165, 1.54) is 6.07 Å². The van der Waals surface area contributed by atoms with Gasteiger partial charge in [0.05, 0.1) is 5.56 Å². The molecule has 1 heterocycles. The largest absolute Gasteiger partial charge is 0.336 e. The number of amides is 1. The molecule has 0 N–H and O–H groups in total. The smallest absolute Gasteiger partial charge is 0.256 e. The third-order valence-corrected chi connectivity index (χ3v) is 3.60. The minimum absolute atomic E-state index is 0.187. The molecule has 4 heteroatoms. The Kier molecular flexibility index (Phi) is 3.66. The Balaban J connectivity index is 2.19. The first kappa shape index (κ1) is 13.0. The molecule has 1 aliphatic heterocycles. The van der Waals surface area contributed by atoms with Gasteiger partial charge in [0.2, 0.25) is 0 Å². The number of rotatable bonds is 1. The molecule has 1 unspecified atom stereocenters. The summed E-state index contributed by atoms with van der Waals surface area (Å²) in [4.78, 5) is 16.2. The fourth-order valence-corrected chi connectivity index (χ4v) is 2.21. The molecule has 1 amide bonds. The quantitative estimate of drug-likeness (QED) is 0.760. The maximum absolute atomic E-state index is 13.7. The molecule has 1 fully saturated rings. The van der Waals surface area contributed by atoms with Crippen LogP contribution in [0.3, 0.4) is 0 Å². The normalized spacial score (nSPS) is 21.1. The lowest BCUT2D eigenvalue weighted by Gasteiger charge is -2.37. The molecule has 0 aromatic heterocycles. The van der Waals surface area contributed by atoms with Crippen LogP contribution in [0.5, 0.6) is 0 Å². The van der Waals surface area contributed by atoms with Crippen molar-refractivity contribution in [3.05, 3.63) is 35.1 Å². The maximum atomic E-state index is 13.7. The molecule has 1 aliphatic rings. The van der Waals surface area contributed by atoms with Gasteiger partial charge in [-0.2, -0.15) is 0 Å². The fourth-order valence-electron chi connectivity index (χ4n) is 2.21. The second kappa shape index (κ2) is 5.06. The van der Waals surface area contributed by atoms with Crippen LogP contribution in [0.15, 0.2) is 18.2 Å². The summed E-state index contributed by atoms with van der Waals surface area (Å²) >= 11 is 0. The Morgan fingerprint density at radius 2 is 2.11 bits per heavy atom. The second-order valence-electron chi connectivity index (χ2n) is 5.06. The van der Waals surface area contributed by atoms with Crippen LogP contribution in [-0.4, -0.2) is 48.4 Å². The van der Waals surface area contributed by atoms with Crippen molar-refractivity contribution in [2.75, 3.05) is 26.7 Å². The highest BCUT2D eigenvalue weighted by Crippen LogP contribution is 2.15. The molecule has 3 nitrogen and oxygen atoms in total. The monoisotopic (exact) mass is 250 g/mol. The lowest BCUT2D eigenvalue weighted by atomic mass is 10.1. The fraction of sp³-hybridized carbons (Fsp3) is 0.500. The molecule has 1 saturated heterocycles. The number of aryl methyl sites for hydroxylation is 1. The van der Waals surface area contributed by atoms with Gasteiger partial charge in [-0.3, -0.25) is 4.79 Å². The summed E-state index contributed by atoms with van der Waals surface area (Å²) in [5.74, 6) is -0.631. The molecule has 1 aromatic carbocycles. The van der Waals surface area contributed by atoms with E-state index >= 15 is 0 Å². The highest BCUT2D eigenvalue weighted by atomic mass is 19.1. The standard InChI is InChI=1S/C14H19FN2O/c1-10-4-5-13(15)12(8-10)14(18)17-7-6-16(3)11(2)9-17/h4-5,8,11H,6-7,9H2,1-3H3. The van der Waals surface area contributed by atoms with Gasteiger partial charge in [0.25, 0.3) is 5.91 Å². The van der Waals surface area contributed by atoms with Crippen molar-refractivity contribution in [3.63, 3.8) is 0 Å². The molecule has 0 saturated carbocycles. The Labute approximate surface area is 107 Å². The molecule has 2 rings (SSSR count). The number of carbonyl (C=O) groups is 1. The van der Waals surface area contributed by atoms with Gasteiger partial charge < -0.3 is 9.80 Å². The van der Waals surface area contributed by atoms with Crippen molar-refractivity contribution < 1.29 is 9.18 Å². The molecule has 0 radical (unpaired) electrons. The highest BCUT2D eigenvalue weighted by molar-refractivity contribution is 5.94. The third-order valence-electron chi connectivity index (χ3n) is 3.60. The molecule has 0 aliphatic carbocycles. The van der Waals surface area contributed by atoms with Crippen molar-refractivity contribution in [2.24, 2.45) is 0 Å². The van der Waals surface area contributed by atoms with Crippen molar-refractivity contribution in [2.45, 2.75) is 19.9 Å². The molecule has 0 spiro atoms. The number of hydrogen-bond donors (Lipinski definition) is 0. The van der Waals surface area contributed by atoms with Crippen LogP contribution in [0, 0.1) is 12.7 Å². The van der Waals surface area contributed by atoms with Gasteiger partial charge in [-0.15, -0.1) is 0 Å². The molecule has 0 bridgehead atoms. The third kappa shape index (κ3) is 2.53. The van der Waals surface area contributed by atoms with Gasteiger partial charge in [0, 0.05) is 25.7 Å². The van der Waals surface area contributed by atoms with E-state index < -0.39 is 5.82 Å². The molecule has 18 heavy (non-hydrogen) atoms. The van der Waals surface area contributed by atoms with Crippen LogP contribution in [0.1, 0.15) is 22.8 Å². The summed E-state index contributed by atoms with van der Waals surface area (Å²) < 4.78 is 13.7. The van der Waals surface area contributed by atoms with Crippen LogP contribution >= 0.6 is 0 Å². The Morgan fingerprint density at radius 3 is 2.78 bits per heavy atom. The number of hydrogen-bond acceptors (Lipinski definition) is 2. The van der Waals surface area contributed by atoms with Gasteiger partial charge in [-0.25, -0.2) is 4.39 Å². The topological polar surface area (TPSA) is 23.6 Å². The zero-order valence-corrected chi connectivity index (χ0v) is 11.1. The minimum Gasteiger partial charge on any atom is -0.336 e. The van der Waals surface area contributed by atoms with Crippen molar-refractivity contribution >= 4 is 5.91 Å². The van der Waals surface area contributed by atoms with Gasteiger partial charge in [-0.05, 0) is 33.0 Å². The van der Waals surface area contributed by atoms with E-state index in [4.69, 9.17) is 0 Å². The average Bonchev–Trinajstić information content (AvgIpc) is 2.35. The predicted octanol–water partition coefficient (Wildman–Crippen LogP) is 1.91. The summed E-state index contributed by atoms with van der Waals surface area (Å²) in [6.07, 6.45) is 0. The lowest BCUT2D eigenvalue weighted by Crippen LogP contribution is -2.52. The van der Waals surface area contributed by atoms with Gasteiger partial charge >= 0.3 is 0 Å². The number of nitrogens with zero attached hydrogens (tertiary/aromatic N) is 2. The molecule has 1 aromatic rings. The SMILES string of the molecule is Cc1ccc(F)c(C(=O)N2CCN(C)C(C)C2)c1. The van der Waals surface area contributed by atoms with Crippen LogP contribution in [-0.2, 0) is 0 Å². The van der Waals surface area contributed by atoms with Crippen LogP contribution in [0.4, 0.5) is 4.39 Å². The zero-order valence-electron chi connectivity index (χ0n) is 11.1. The van der Waals surface area contributed by atoms with Crippen LogP contribution < -0.4 is 0 Å². The molecule has 1 atom stereocenters. The summed E-state index contributed by atoms with van der Waals surface area (Å²) in [5, 5.41) is 0. The first-order chi connectivity index (χ1) is 8.49. The molecule has 98 valence electrons. The zero-order chi connectivity index (χ0) is 13.3. The van der Waals surface area contributed by atoms with E-state index in [-0.39, 0.29) is 11.5 Å². The van der Waals surface area contributed by atoms with E-state index in [0.717, 1.165) is 12.1 Å². The van der Waals surface area contributed by atoms with Gasteiger partial charge in [-0.1, -0.05) is 11.6 Å². The van der Waals surface area contributed by atoms with E-state index in [0.29, 0.717) is 19.1 Å². The van der Waals surface area contributed by atoms with Crippen molar-refractivity contribution in [1.82, 2.24) is 9.80 Å². The van der Waals surface area contributed by atoms with Crippen LogP contribution in [0.25, 0.3) is 0 Å². The number of carbonyl (C=O) groups excluding carboxylic acids is 1. The minimum atomic E-state index is -0.433. The number of benzene rings is 1. The molecular formula is C14H19FN2O. The first-order valence-electron chi connectivity index (χ1n) is 6.24. The van der Waals surface area contributed by atoms with E-state index in [9.17, 15) is 9.18 Å². The van der Waals surface area contributed by atoms with E-state index in [1.807, 2.05) is 14.0 Å². The predicted molar refractivity (Wildman–Crippen MR) is 69.1 cm³/mol. The van der Waals surface area contributed by atoms with Gasteiger partial charge in [0.15, 0.2) is 0 Å². The Bertz CT molecular complexity index is 461. The van der Waals surface area contributed by atoms with Crippen LogP contribution in [0.2, 0.25) is 0 Å². The average molecular weight is 250 g/mol. The highest BCUT2D eigenvalue weighted by Gasteiger charge is 2.26. The maximum Gasteiger partial charge on any atom is 0.256 e. The summed E-state index contributed by atoms with van der Waals surface area (Å²) in [6.45, 7) is 6.09. The van der Waals surface area contributed by atoms with Gasteiger partial charge in [0.1, 0.15) is 5.82 Å². The van der Waals surface area contributed by atoms with Crippen molar-refractivity contribution in [1.29, 1.82) is 0 Å².